The Labute approximate surface area is 67.2 Å². The molecule has 0 aromatic carbocycles. The molecule has 1 heteroatoms. The third-order valence-corrected chi connectivity index (χ3v) is 1.74. The van der Waals surface area contributed by atoms with Crippen LogP contribution < -0.4 is 0 Å². The second kappa shape index (κ2) is 3.84. The quantitative estimate of drug-likeness (QED) is 0.472. The fourth-order valence-electron chi connectivity index (χ4n) is 1.15. The number of rotatable bonds is 0. The van der Waals surface area contributed by atoms with Crippen molar-refractivity contribution in [3.8, 4) is 23.7 Å². The summed E-state index contributed by atoms with van der Waals surface area (Å²) in [5.74, 6) is 11.1. The molecule has 0 amide bonds. The summed E-state index contributed by atoms with van der Waals surface area (Å²) in [5, 5.41) is 0. The van der Waals surface area contributed by atoms with Crippen molar-refractivity contribution in [1.29, 1.82) is 0 Å². The van der Waals surface area contributed by atoms with Crippen molar-refractivity contribution >= 4 is 5.78 Å². The molecule has 0 spiro atoms. The largest absolute Gasteiger partial charge is 0.298 e. The summed E-state index contributed by atoms with van der Waals surface area (Å²) < 4.78 is 0. The molecule has 11 heavy (non-hydrogen) atoms. The molecule has 56 valence electrons. The van der Waals surface area contributed by atoms with Crippen LogP contribution in [0.2, 0.25) is 0 Å². The predicted octanol–water partition coefficient (Wildman–Crippen LogP) is 1.38. The van der Waals surface area contributed by atoms with Gasteiger partial charge in [0.15, 0.2) is 0 Å². The van der Waals surface area contributed by atoms with E-state index in [1.54, 1.807) is 6.92 Å². The molecule has 0 bridgehead atoms. The van der Waals surface area contributed by atoms with Gasteiger partial charge in [-0.25, -0.2) is 0 Å². The van der Waals surface area contributed by atoms with E-state index in [0.717, 1.165) is 12.8 Å². The van der Waals surface area contributed by atoms with Crippen LogP contribution in [0, 0.1) is 29.6 Å². The lowest BCUT2D eigenvalue weighted by atomic mass is 10.1. The first-order chi connectivity index (χ1) is 5.34. The van der Waals surface area contributed by atoms with Crippen LogP contribution in [0.25, 0.3) is 0 Å². The van der Waals surface area contributed by atoms with E-state index < -0.39 is 0 Å². The van der Waals surface area contributed by atoms with Gasteiger partial charge in [-0.15, -0.1) is 0 Å². The summed E-state index contributed by atoms with van der Waals surface area (Å²) in [4.78, 5) is 11.0. The molecule has 1 rings (SSSR count). The SMILES string of the molecule is CC#CC#CC1CCCC1=O. The minimum atomic E-state index is -0.0177. The van der Waals surface area contributed by atoms with Gasteiger partial charge in [0.1, 0.15) is 5.78 Å². The van der Waals surface area contributed by atoms with Crippen LogP contribution in [0.1, 0.15) is 26.2 Å². The maximum Gasteiger partial charge on any atom is 0.147 e. The van der Waals surface area contributed by atoms with E-state index >= 15 is 0 Å². The highest BCUT2D eigenvalue weighted by atomic mass is 16.1. The third-order valence-electron chi connectivity index (χ3n) is 1.74. The Morgan fingerprint density at radius 1 is 1.45 bits per heavy atom. The maximum atomic E-state index is 11.0. The molecule has 1 nitrogen and oxygen atoms in total. The highest BCUT2D eigenvalue weighted by molar-refractivity contribution is 5.85. The first-order valence-corrected chi connectivity index (χ1v) is 3.79. The van der Waals surface area contributed by atoms with E-state index in [4.69, 9.17) is 0 Å². The van der Waals surface area contributed by atoms with Gasteiger partial charge in [0.2, 0.25) is 0 Å². The minimum Gasteiger partial charge on any atom is -0.298 e. The fraction of sp³-hybridized carbons (Fsp3) is 0.500. The third kappa shape index (κ3) is 2.13. The predicted molar refractivity (Wildman–Crippen MR) is 43.6 cm³/mol. The summed E-state index contributed by atoms with van der Waals surface area (Å²) in [6.45, 7) is 1.74. The lowest BCUT2D eigenvalue weighted by molar-refractivity contribution is -0.119. The maximum absolute atomic E-state index is 11.0. The summed E-state index contributed by atoms with van der Waals surface area (Å²) >= 11 is 0. The summed E-state index contributed by atoms with van der Waals surface area (Å²) in [6, 6.07) is 0. The monoisotopic (exact) mass is 146 g/mol. The number of carbonyl (C=O) groups excluding carboxylic acids is 1. The van der Waals surface area contributed by atoms with Gasteiger partial charge in [-0.05, 0) is 31.6 Å². The average molecular weight is 146 g/mol. The molecule has 1 atom stereocenters. The van der Waals surface area contributed by atoms with Crippen molar-refractivity contribution in [3.05, 3.63) is 0 Å². The summed E-state index contributed by atoms with van der Waals surface area (Å²) in [6.07, 6.45) is 2.63. The van der Waals surface area contributed by atoms with Crippen LogP contribution in [0.5, 0.6) is 0 Å². The van der Waals surface area contributed by atoms with Crippen molar-refractivity contribution in [2.45, 2.75) is 26.2 Å². The highest BCUT2D eigenvalue weighted by Crippen LogP contribution is 2.19. The Bertz CT molecular complexity index is 267. The van der Waals surface area contributed by atoms with Crippen molar-refractivity contribution in [3.63, 3.8) is 0 Å². The van der Waals surface area contributed by atoms with E-state index in [1.807, 2.05) is 0 Å². The Kier molecular flexibility index (Phi) is 2.75. The van der Waals surface area contributed by atoms with Crippen LogP contribution >= 0.6 is 0 Å². The second-order valence-corrected chi connectivity index (χ2v) is 2.56. The Balaban J connectivity index is 2.55. The Morgan fingerprint density at radius 3 is 2.82 bits per heavy atom. The van der Waals surface area contributed by atoms with Gasteiger partial charge in [-0.2, -0.15) is 0 Å². The number of ketones is 1. The topological polar surface area (TPSA) is 17.1 Å². The number of carbonyl (C=O) groups is 1. The standard InChI is InChI=1S/C10H10O/c1-2-3-4-6-9-7-5-8-10(9)11/h9H,5,7-8H2,1H3. The molecule has 0 saturated heterocycles. The molecule has 0 N–H and O–H groups in total. The molecule has 1 aliphatic rings. The van der Waals surface area contributed by atoms with E-state index in [-0.39, 0.29) is 11.7 Å². The molecule has 1 aliphatic carbocycles. The molecule has 1 unspecified atom stereocenters. The van der Waals surface area contributed by atoms with Gasteiger partial charge in [0, 0.05) is 6.42 Å². The number of hydrogen-bond acceptors (Lipinski definition) is 1. The zero-order chi connectivity index (χ0) is 8.10. The van der Waals surface area contributed by atoms with Crippen molar-refractivity contribution < 1.29 is 4.79 Å². The van der Waals surface area contributed by atoms with Gasteiger partial charge < -0.3 is 0 Å². The minimum absolute atomic E-state index is 0.0177. The molecular formula is C10H10O. The summed E-state index contributed by atoms with van der Waals surface area (Å²) in [7, 11) is 0. The molecule has 0 radical (unpaired) electrons. The van der Waals surface area contributed by atoms with E-state index in [0.29, 0.717) is 6.42 Å². The van der Waals surface area contributed by atoms with E-state index in [1.165, 1.54) is 0 Å². The fourth-order valence-corrected chi connectivity index (χ4v) is 1.15. The molecular weight excluding hydrogens is 136 g/mol. The zero-order valence-electron chi connectivity index (χ0n) is 6.61. The van der Waals surface area contributed by atoms with Crippen molar-refractivity contribution in [2.24, 2.45) is 5.92 Å². The first kappa shape index (κ1) is 7.89. The smallest absolute Gasteiger partial charge is 0.147 e. The van der Waals surface area contributed by atoms with E-state index in [2.05, 4.69) is 23.7 Å². The average Bonchev–Trinajstić information content (AvgIpc) is 2.37. The van der Waals surface area contributed by atoms with Crippen LogP contribution in [0.4, 0.5) is 0 Å². The summed E-state index contributed by atoms with van der Waals surface area (Å²) in [5.41, 5.74) is 0. The normalized spacial score (nSPS) is 21.5. The number of Topliss-reactive ketones (excluding diaryl/α,β-unsaturated/α-hetero) is 1. The Hall–Kier alpha value is -1.21. The van der Waals surface area contributed by atoms with Gasteiger partial charge in [0.05, 0.1) is 5.92 Å². The molecule has 0 aromatic rings. The lowest BCUT2D eigenvalue weighted by Crippen LogP contribution is -2.01. The lowest BCUT2D eigenvalue weighted by Gasteiger charge is -1.91. The number of hydrogen-bond donors (Lipinski definition) is 0. The van der Waals surface area contributed by atoms with Crippen LogP contribution in [0.3, 0.4) is 0 Å². The van der Waals surface area contributed by atoms with Crippen LogP contribution in [0.15, 0.2) is 0 Å². The van der Waals surface area contributed by atoms with Crippen LogP contribution in [-0.4, -0.2) is 5.78 Å². The second-order valence-electron chi connectivity index (χ2n) is 2.56. The highest BCUT2D eigenvalue weighted by Gasteiger charge is 2.21. The van der Waals surface area contributed by atoms with Crippen molar-refractivity contribution in [2.75, 3.05) is 0 Å². The van der Waals surface area contributed by atoms with Gasteiger partial charge in [0.25, 0.3) is 0 Å². The molecule has 1 saturated carbocycles. The van der Waals surface area contributed by atoms with Crippen LogP contribution in [-0.2, 0) is 4.79 Å². The zero-order valence-corrected chi connectivity index (χ0v) is 6.61. The van der Waals surface area contributed by atoms with Gasteiger partial charge >= 0.3 is 0 Å². The van der Waals surface area contributed by atoms with Gasteiger partial charge in [-0.1, -0.05) is 11.8 Å². The molecule has 0 aliphatic heterocycles. The molecule has 0 heterocycles. The first-order valence-electron chi connectivity index (χ1n) is 3.79. The molecule has 0 aromatic heterocycles. The van der Waals surface area contributed by atoms with Crippen molar-refractivity contribution in [1.82, 2.24) is 0 Å². The van der Waals surface area contributed by atoms with E-state index in [9.17, 15) is 4.79 Å². The molecule has 1 fully saturated rings. The van der Waals surface area contributed by atoms with Gasteiger partial charge in [-0.3, -0.25) is 4.79 Å². The Morgan fingerprint density at radius 2 is 2.27 bits per heavy atom.